The van der Waals surface area contributed by atoms with E-state index in [1.807, 2.05) is 0 Å². The zero-order valence-electron chi connectivity index (χ0n) is 15.7. The molecule has 2 amide bonds. The molecule has 1 atom stereocenters. The molecule has 150 valence electrons. The molecule has 0 bridgehead atoms. The van der Waals surface area contributed by atoms with Gasteiger partial charge in [0.1, 0.15) is 11.9 Å². The predicted molar refractivity (Wildman–Crippen MR) is 104 cm³/mol. The molecule has 8 heteroatoms. The second-order valence-electron chi connectivity index (χ2n) is 6.51. The minimum Gasteiger partial charge on any atom is -0.454 e. The highest BCUT2D eigenvalue weighted by Crippen LogP contribution is 2.11. The van der Waals surface area contributed by atoms with Crippen LogP contribution < -0.4 is 10.6 Å². The summed E-state index contributed by atoms with van der Waals surface area (Å²) in [6.45, 7) is 3.47. The van der Waals surface area contributed by atoms with Crippen molar-refractivity contribution in [3.05, 3.63) is 58.0 Å². The van der Waals surface area contributed by atoms with Crippen molar-refractivity contribution < 1.29 is 23.5 Å². The van der Waals surface area contributed by atoms with E-state index >= 15 is 0 Å². The third-order valence-corrected chi connectivity index (χ3v) is 4.82. The van der Waals surface area contributed by atoms with E-state index in [1.165, 1.54) is 23.5 Å². The van der Waals surface area contributed by atoms with Crippen LogP contribution in [0.5, 0.6) is 0 Å². The van der Waals surface area contributed by atoms with Crippen molar-refractivity contribution >= 4 is 29.1 Å². The number of halogens is 1. The lowest BCUT2D eigenvalue weighted by molar-refractivity contribution is -0.151. The Morgan fingerprint density at radius 2 is 1.86 bits per heavy atom. The van der Waals surface area contributed by atoms with Crippen molar-refractivity contribution in [2.24, 2.45) is 5.92 Å². The molecule has 0 saturated carbocycles. The van der Waals surface area contributed by atoms with E-state index in [0.717, 1.165) is 5.56 Å². The highest BCUT2D eigenvalue weighted by Gasteiger charge is 2.27. The van der Waals surface area contributed by atoms with Crippen LogP contribution in [-0.2, 0) is 20.7 Å². The van der Waals surface area contributed by atoms with Gasteiger partial charge in [-0.25, -0.2) is 9.18 Å². The van der Waals surface area contributed by atoms with Crippen molar-refractivity contribution in [3.8, 4) is 0 Å². The van der Waals surface area contributed by atoms with E-state index in [0.29, 0.717) is 17.8 Å². The minimum atomic E-state index is -0.846. The van der Waals surface area contributed by atoms with E-state index < -0.39 is 24.5 Å². The standard InChI is InChI=1S/C20H23FN2O4S/c1-13(2)18(23-19(25)16-4-3-11-28-16)20(26)27-12-17(24)22-10-9-14-5-7-15(21)8-6-14/h3-8,11,13,18H,9-10,12H2,1-2H3,(H,22,24)(H,23,25)/t18-/m0/s1. The summed E-state index contributed by atoms with van der Waals surface area (Å²) in [6, 6.07) is 8.57. The van der Waals surface area contributed by atoms with Crippen molar-refractivity contribution in [1.29, 1.82) is 0 Å². The lowest BCUT2D eigenvalue weighted by atomic mass is 10.0. The normalized spacial score (nSPS) is 11.7. The number of hydrogen-bond acceptors (Lipinski definition) is 5. The van der Waals surface area contributed by atoms with Gasteiger partial charge < -0.3 is 15.4 Å². The van der Waals surface area contributed by atoms with Crippen LogP contribution in [0.3, 0.4) is 0 Å². The number of amides is 2. The van der Waals surface area contributed by atoms with Crippen LogP contribution in [0.1, 0.15) is 29.1 Å². The number of nitrogens with one attached hydrogen (secondary N) is 2. The number of ether oxygens (including phenoxy) is 1. The molecule has 1 aromatic carbocycles. The maximum atomic E-state index is 12.9. The first kappa shape index (κ1) is 21.6. The SMILES string of the molecule is CC(C)[C@H](NC(=O)c1cccs1)C(=O)OCC(=O)NCCc1ccc(F)cc1. The fourth-order valence-corrected chi connectivity index (χ4v) is 3.02. The van der Waals surface area contributed by atoms with Gasteiger partial charge in [-0.15, -0.1) is 11.3 Å². The summed E-state index contributed by atoms with van der Waals surface area (Å²) >= 11 is 1.27. The van der Waals surface area contributed by atoms with Gasteiger partial charge in [-0.3, -0.25) is 9.59 Å². The molecule has 0 aliphatic carbocycles. The fourth-order valence-electron chi connectivity index (χ4n) is 2.39. The number of hydrogen-bond donors (Lipinski definition) is 2. The Kier molecular flexibility index (Phi) is 8.13. The highest BCUT2D eigenvalue weighted by atomic mass is 32.1. The monoisotopic (exact) mass is 406 g/mol. The predicted octanol–water partition coefficient (Wildman–Crippen LogP) is 2.54. The summed E-state index contributed by atoms with van der Waals surface area (Å²) in [4.78, 5) is 36.8. The number of rotatable bonds is 9. The summed E-state index contributed by atoms with van der Waals surface area (Å²) in [5.41, 5.74) is 0.884. The van der Waals surface area contributed by atoms with Gasteiger partial charge in [0.25, 0.3) is 11.8 Å². The average Bonchev–Trinajstić information content (AvgIpc) is 3.20. The number of carbonyl (C=O) groups excluding carboxylic acids is 3. The van der Waals surface area contributed by atoms with Gasteiger partial charge in [0.05, 0.1) is 4.88 Å². The second kappa shape index (κ2) is 10.6. The summed E-state index contributed by atoms with van der Waals surface area (Å²) < 4.78 is 17.9. The molecule has 2 N–H and O–H groups in total. The molecule has 0 fully saturated rings. The van der Waals surface area contributed by atoms with E-state index in [4.69, 9.17) is 4.74 Å². The van der Waals surface area contributed by atoms with Gasteiger partial charge in [0.15, 0.2) is 6.61 Å². The largest absolute Gasteiger partial charge is 0.454 e. The molecule has 0 aliphatic heterocycles. The van der Waals surface area contributed by atoms with Crippen LogP contribution in [0.4, 0.5) is 4.39 Å². The van der Waals surface area contributed by atoms with Crippen molar-refractivity contribution in [2.75, 3.05) is 13.2 Å². The number of benzene rings is 1. The molecule has 0 spiro atoms. The first-order valence-corrected chi connectivity index (χ1v) is 9.77. The molecule has 2 aromatic rings. The van der Waals surface area contributed by atoms with Crippen LogP contribution in [0, 0.1) is 11.7 Å². The fraction of sp³-hybridized carbons (Fsp3) is 0.350. The van der Waals surface area contributed by atoms with Gasteiger partial charge in [0.2, 0.25) is 0 Å². The van der Waals surface area contributed by atoms with Crippen molar-refractivity contribution in [2.45, 2.75) is 26.3 Å². The van der Waals surface area contributed by atoms with Gasteiger partial charge >= 0.3 is 5.97 Å². The van der Waals surface area contributed by atoms with Gasteiger partial charge in [0, 0.05) is 6.54 Å². The summed E-state index contributed by atoms with van der Waals surface area (Å²) in [5.74, 6) is -1.96. The quantitative estimate of drug-likeness (QED) is 0.627. The topological polar surface area (TPSA) is 84.5 Å². The number of thiophene rings is 1. The second-order valence-corrected chi connectivity index (χ2v) is 7.45. The summed E-state index contributed by atoms with van der Waals surface area (Å²) in [5, 5.41) is 7.05. The van der Waals surface area contributed by atoms with Crippen LogP contribution in [0.25, 0.3) is 0 Å². The summed E-state index contributed by atoms with van der Waals surface area (Å²) in [7, 11) is 0. The maximum absolute atomic E-state index is 12.9. The van der Waals surface area contributed by atoms with E-state index in [-0.39, 0.29) is 17.6 Å². The minimum absolute atomic E-state index is 0.196. The van der Waals surface area contributed by atoms with Crippen LogP contribution in [0.2, 0.25) is 0 Å². The maximum Gasteiger partial charge on any atom is 0.329 e. The van der Waals surface area contributed by atoms with Gasteiger partial charge in [-0.1, -0.05) is 32.0 Å². The first-order valence-electron chi connectivity index (χ1n) is 8.89. The zero-order chi connectivity index (χ0) is 20.5. The molecule has 2 rings (SSSR count). The number of esters is 1. The zero-order valence-corrected chi connectivity index (χ0v) is 16.6. The molecule has 6 nitrogen and oxygen atoms in total. The Morgan fingerprint density at radius 1 is 1.14 bits per heavy atom. The average molecular weight is 406 g/mol. The third-order valence-electron chi connectivity index (χ3n) is 3.95. The van der Waals surface area contributed by atoms with Gasteiger partial charge in [-0.05, 0) is 41.5 Å². The number of carbonyl (C=O) groups is 3. The smallest absolute Gasteiger partial charge is 0.329 e. The molecular formula is C20H23FN2O4S. The molecular weight excluding hydrogens is 383 g/mol. The Labute approximate surface area is 167 Å². The van der Waals surface area contributed by atoms with E-state index in [1.54, 1.807) is 43.5 Å². The van der Waals surface area contributed by atoms with Crippen LogP contribution in [-0.4, -0.2) is 37.0 Å². The lowest BCUT2D eigenvalue weighted by Gasteiger charge is -2.20. The Balaban J connectivity index is 1.75. The van der Waals surface area contributed by atoms with Crippen LogP contribution >= 0.6 is 11.3 Å². The molecule has 0 unspecified atom stereocenters. The Bertz CT molecular complexity index is 791. The molecule has 0 aliphatic rings. The van der Waals surface area contributed by atoms with Crippen LogP contribution in [0.15, 0.2) is 41.8 Å². The Hall–Kier alpha value is -2.74. The molecule has 28 heavy (non-hydrogen) atoms. The lowest BCUT2D eigenvalue weighted by Crippen LogP contribution is -2.46. The molecule has 1 heterocycles. The molecule has 0 radical (unpaired) electrons. The molecule has 0 saturated heterocycles. The van der Waals surface area contributed by atoms with Crippen molar-refractivity contribution in [3.63, 3.8) is 0 Å². The molecule has 1 aromatic heterocycles. The Morgan fingerprint density at radius 3 is 2.46 bits per heavy atom. The van der Waals surface area contributed by atoms with E-state index in [9.17, 15) is 18.8 Å². The van der Waals surface area contributed by atoms with E-state index in [2.05, 4.69) is 10.6 Å². The van der Waals surface area contributed by atoms with Crippen molar-refractivity contribution in [1.82, 2.24) is 10.6 Å². The third kappa shape index (κ3) is 6.77. The summed E-state index contributed by atoms with van der Waals surface area (Å²) in [6.07, 6.45) is 0.533. The van der Waals surface area contributed by atoms with Gasteiger partial charge in [-0.2, -0.15) is 0 Å². The highest BCUT2D eigenvalue weighted by molar-refractivity contribution is 7.12. The first-order chi connectivity index (χ1) is 13.4.